The third-order valence-electron chi connectivity index (χ3n) is 2.38. The van der Waals surface area contributed by atoms with Gasteiger partial charge in [-0.25, -0.2) is 12.8 Å². The van der Waals surface area contributed by atoms with Crippen LogP contribution in [0.5, 0.6) is 0 Å². The first-order chi connectivity index (χ1) is 7.98. The van der Waals surface area contributed by atoms with E-state index in [1.54, 1.807) is 19.1 Å². The van der Waals surface area contributed by atoms with Crippen LogP contribution < -0.4 is 0 Å². The first-order valence-corrected chi connectivity index (χ1v) is 7.05. The lowest BCUT2D eigenvalue weighted by Gasteiger charge is -2.10. The Hall–Kier alpha value is -0.940. The van der Waals surface area contributed by atoms with Crippen LogP contribution in [0.4, 0.5) is 4.39 Å². The second-order valence-corrected chi connectivity index (χ2v) is 5.83. The van der Waals surface area contributed by atoms with E-state index < -0.39 is 15.3 Å². The molecule has 1 rings (SSSR count). The van der Waals surface area contributed by atoms with E-state index in [9.17, 15) is 12.8 Å². The number of rotatable bonds is 6. The van der Waals surface area contributed by atoms with Gasteiger partial charge in [-0.2, -0.15) is 0 Å². The van der Waals surface area contributed by atoms with E-state index in [4.69, 9.17) is 4.74 Å². The maximum absolute atomic E-state index is 13.6. The Bertz CT molecular complexity index is 439. The van der Waals surface area contributed by atoms with Crippen LogP contribution in [0.3, 0.4) is 0 Å². The van der Waals surface area contributed by atoms with Gasteiger partial charge < -0.3 is 4.74 Å². The lowest BCUT2D eigenvalue weighted by Crippen LogP contribution is -2.18. The molecule has 1 aromatic rings. The number of alkyl halides is 1. The highest BCUT2D eigenvalue weighted by Gasteiger charge is 2.26. The summed E-state index contributed by atoms with van der Waals surface area (Å²) in [5.41, 5.74) is -0.967. The number of hydrogen-bond acceptors (Lipinski definition) is 3. The minimum Gasteiger partial charge on any atom is -0.382 e. The minimum atomic E-state index is -3.88. The SMILES string of the molecule is CCOCCC(F)S(=O)(=O)c1ccc(C)cc1. The number of benzene rings is 1. The van der Waals surface area contributed by atoms with Crippen molar-refractivity contribution in [2.45, 2.75) is 30.7 Å². The van der Waals surface area contributed by atoms with Gasteiger partial charge in [0, 0.05) is 13.0 Å². The average Bonchev–Trinajstić information content (AvgIpc) is 2.29. The third-order valence-corrected chi connectivity index (χ3v) is 4.22. The van der Waals surface area contributed by atoms with Crippen LogP contribution in [0.1, 0.15) is 18.9 Å². The third kappa shape index (κ3) is 3.78. The van der Waals surface area contributed by atoms with Crippen LogP contribution in [-0.2, 0) is 14.6 Å². The molecule has 0 aliphatic heterocycles. The van der Waals surface area contributed by atoms with Gasteiger partial charge in [-0.05, 0) is 26.0 Å². The summed E-state index contributed by atoms with van der Waals surface area (Å²) in [6.07, 6.45) is -0.135. The van der Waals surface area contributed by atoms with Crippen LogP contribution in [0.15, 0.2) is 29.2 Å². The second-order valence-electron chi connectivity index (χ2n) is 3.75. The van der Waals surface area contributed by atoms with Crippen LogP contribution in [0, 0.1) is 6.92 Å². The highest BCUT2D eigenvalue weighted by molar-refractivity contribution is 7.91. The van der Waals surface area contributed by atoms with Gasteiger partial charge in [0.15, 0.2) is 0 Å². The Balaban J connectivity index is 2.76. The Kier molecular flexibility index (Phi) is 5.08. The molecule has 1 aromatic carbocycles. The van der Waals surface area contributed by atoms with Crippen molar-refractivity contribution in [2.24, 2.45) is 0 Å². The minimum absolute atomic E-state index is 0.0205. The van der Waals surface area contributed by atoms with E-state index in [0.29, 0.717) is 6.61 Å². The number of halogens is 1. The van der Waals surface area contributed by atoms with Gasteiger partial charge in [0.05, 0.1) is 11.5 Å². The molecule has 0 bridgehead atoms. The van der Waals surface area contributed by atoms with Crippen molar-refractivity contribution in [3.63, 3.8) is 0 Å². The van der Waals surface area contributed by atoms with Crippen molar-refractivity contribution in [2.75, 3.05) is 13.2 Å². The highest BCUT2D eigenvalue weighted by atomic mass is 32.2. The zero-order valence-electron chi connectivity index (χ0n) is 10.0. The van der Waals surface area contributed by atoms with Crippen molar-refractivity contribution < 1.29 is 17.5 Å². The normalized spacial score (nSPS) is 13.6. The maximum Gasteiger partial charge on any atom is 0.210 e. The number of hydrogen-bond donors (Lipinski definition) is 0. The van der Waals surface area contributed by atoms with E-state index >= 15 is 0 Å². The predicted molar refractivity (Wildman–Crippen MR) is 64.4 cm³/mol. The van der Waals surface area contributed by atoms with Gasteiger partial charge in [-0.15, -0.1) is 0 Å². The maximum atomic E-state index is 13.6. The molecule has 0 aliphatic carbocycles. The van der Waals surface area contributed by atoms with Crippen LogP contribution in [0.25, 0.3) is 0 Å². The first kappa shape index (κ1) is 14.1. The summed E-state index contributed by atoms with van der Waals surface area (Å²) >= 11 is 0. The molecule has 5 heteroatoms. The van der Waals surface area contributed by atoms with Gasteiger partial charge in [-0.3, -0.25) is 0 Å². The quantitative estimate of drug-likeness (QED) is 0.738. The smallest absolute Gasteiger partial charge is 0.210 e. The van der Waals surface area contributed by atoms with Crippen LogP contribution in [-0.4, -0.2) is 27.1 Å². The molecule has 1 atom stereocenters. The molecule has 0 saturated carbocycles. The summed E-state index contributed by atoms with van der Waals surface area (Å²) in [7, 11) is -3.88. The van der Waals surface area contributed by atoms with Crippen LogP contribution in [0.2, 0.25) is 0 Å². The Morgan fingerprint density at radius 1 is 1.29 bits per heavy atom. The van der Waals surface area contributed by atoms with Gasteiger partial charge in [-0.1, -0.05) is 17.7 Å². The fourth-order valence-corrected chi connectivity index (χ4v) is 2.57. The summed E-state index contributed by atoms with van der Waals surface area (Å²) in [5.74, 6) is 0. The largest absolute Gasteiger partial charge is 0.382 e. The topological polar surface area (TPSA) is 43.4 Å². The summed E-state index contributed by atoms with van der Waals surface area (Å²) in [6.45, 7) is 4.19. The van der Waals surface area contributed by atoms with E-state index in [0.717, 1.165) is 5.56 Å². The number of sulfone groups is 1. The highest BCUT2D eigenvalue weighted by Crippen LogP contribution is 2.19. The van der Waals surface area contributed by atoms with E-state index in [-0.39, 0.29) is 17.9 Å². The molecule has 96 valence electrons. The average molecular weight is 260 g/mol. The fraction of sp³-hybridized carbons (Fsp3) is 0.500. The zero-order chi connectivity index (χ0) is 12.9. The lowest BCUT2D eigenvalue weighted by atomic mass is 10.2. The van der Waals surface area contributed by atoms with Crippen molar-refractivity contribution >= 4 is 9.84 Å². The summed E-state index contributed by atoms with van der Waals surface area (Å²) in [5, 5.41) is 0. The first-order valence-electron chi connectivity index (χ1n) is 5.51. The molecule has 3 nitrogen and oxygen atoms in total. The van der Waals surface area contributed by atoms with Gasteiger partial charge >= 0.3 is 0 Å². The standard InChI is InChI=1S/C12H17FO3S/c1-3-16-9-8-12(13)17(14,15)11-6-4-10(2)5-7-11/h4-7,12H,3,8-9H2,1-2H3. The Morgan fingerprint density at radius 2 is 1.88 bits per heavy atom. The van der Waals surface area contributed by atoms with Crippen molar-refractivity contribution in [1.82, 2.24) is 0 Å². The molecule has 0 heterocycles. The van der Waals surface area contributed by atoms with Crippen molar-refractivity contribution in [3.8, 4) is 0 Å². The molecule has 0 aliphatic rings. The van der Waals surface area contributed by atoms with Gasteiger partial charge in [0.2, 0.25) is 15.3 Å². The summed E-state index contributed by atoms with van der Waals surface area (Å²) in [6, 6.07) is 6.17. The van der Waals surface area contributed by atoms with E-state index in [1.165, 1.54) is 12.1 Å². The van der Waals surface area contributed by atoms with Gasteiger partial charge in [0.25, 0.3) is 0 Å². The Labute approximate surface area is 102 Å². The molecule has 0 radical (unpaired) electrons. The molecule has 0 spiro atoms. The van der Waals surface area contributed by atoms with Crippen LogP contribution >= 0.6 is 0 Å². The number of aryl methyl sites for hydroxylation is 1. The number of ether oxygens (including phenoxy) is 1. The summed E-state index contributed by atoms with van der Waals surface area (Å²) < 4.78 is 42.2. The van der Waals surface area contributed by atoms with Crippen molar-refractivity contribution in [3.05, 3.63) is 29.8 Å². The molecule has 0 amide bonds. The molecular formula is C12H17FO3S. The van der Waals surface area contributed by atoms with E-state index in [2.05, 4.69) is 0 Å². The molecule has 0 aromatic heterocycles. The van der Waals surface area contributed by atoms with E-state index in [1.807, 2.05) is 6.92 Å². The van der Waals surface area contributed by atoms with Crippen molar-refractivity contribution in [1.29, 1.82) is 0 Å². The molecule has 1 unspecified atom stereocenters. The molecular weight excluding hydrogens is 243 g/mol. The monoisotopic (exact) mass is 260 g/mol. The zero-order valence-corrected chi connectivity index (χ0v) is 10.8. The molecule has 0 fully saturated rings. The lowest BCUT2D eigenvalue weighted by molar-refractivity contribution is 0.134. The fourth-order valence-electron chi connectivity index (χ4n) is 1.35. The Morgan fingerprint density at radius 3 is 2.41 bits per heavy atom. The second kappa shape index (κ2) is 6.12. The summed E-state index contributed by atoms with van der Waals surface area (Å²) in [4.78, 5) is 0.0205. The predicted octanol–water partition coefficient (Wildman–Crippen LogP) is 2.49. The molecule has 17 heavy (non-hydrogen) atoms. The molecule has 0 N–H and O–H groups in total. The van der Waals surface area contributed by atoms with Gasteiger partial charge in [0.1, 0.15) is 0 Å². The molecule has 0 saturated heterocycles.